The van der Waals surface area contributed by atoms with Crippen molar-refractivity contribution in [3.05, 3.63) is 235 Å². The third kappa shape index (κ3) is 6.63. The summed E-state index contributed by atoms with van der Waals surface area (Å²) >= 11 is 0. The van der Waals surface area contributed by atoms with Crippen LogP contribution in [0.5, 0.6) is 0 Å². The fraction of sp³-hybridized carbons (Fsp3) is 0.148. The molecule has 11 aromatic carbocycles. The van der Waals surface area contributed by atoms with Crippen LogP contribution >= 0.6 is 0 Å². The van der Waals surface area contributed by atoms with Crippen molar-refractivity contribution in [3.63, 3.8) is 0 Å². The average molecular weight is 1110 g/mol. The minimum Gasteiger partial charge on any atom is -0.309 e. The molecule has 18 rings (SSSR count). The molecule has 412 valence electrons. The van der Waals surface area contributed by atoms with E-state index in [4.69, 9.17) is 4.98 Å². The van der Waals surface area contributed by atoms with E-state index in [0.29, 0.717) is 0 Å². The van der Waals surface area contributed by atoms with Crippen molar-refractivity contribution < 1.29 is 0 Å². The number of rotatable bonds is 4. The van der Waals surface area contributed by atoms with Gasteiger partial charge < -0.3 is 13.5 Å². The van der Waals surface area contributed by atoms with Crippen LogP contribution < -0.4 is 0 Å². The van der Waals surface area contributed by atoms with Gasteiger partial charge in [-0.05, 0) is 158 Å². The molecule has 18 aromatic rings. The van der Waals surface area contributed by atoms with Crippen molar-refractivity contribution >= 4 is 131 Å². The quantitative estimate of drug-likeness (QED) is 0.173. The monoisotopic (exact) mass is 1110 g/mol. The van der Waals surface area contributed by atoms with Crippen molar-refractivity contribution in [2.45, 2.75) is 78.6 Å². The number of pyridine rings is 1. The molecule has 5 heteroatoms. The molecule has 0 saturated carbocycles. The summed E-state index contributed by atoms with van der Waals surface area (Å²) in [5.41, 5.74) is 22.5. The predicted octanol–water partition coefficient (Wildman–Crippen LogP) is 22.0. The highest BCUT2D eigenvalue weighted by Gasteiger charge is 2.32. The second-order valence-corrected chi connectivity index (χ2v) is 27.6. The minimum absolute atomic E-state index is 0.118. The van der Waals surface area contributed by atoms with Gasteiger partial charge in [0.1, 0.15) is 5.65 Å². The normalized spacial score (nSPS) is 13.2. The molecule has 0 aliphatic carbocycles. The van der Waals surface area contributed by atoms with Crippen LogP contribution in [0.4, 0.5) is 0 Å². The summed E-state index contributed by atoms with van der Waals surface area (Å²) in [6.07, 6.45) is 2.22. The summed E-state index contributed by atoms with van der Waals surface area (Å²) in [4.78, 5) is 5.85. The SMILES string of the molecule is CC(C)(C)c1cc(-c2ccc3c(c2)c2ccccc2n3-c2ccccc2)c2c(c1)c1cc(C(C)(C)C)cc3c4c5c6cc(C(C)(C)C)cc7c8cc9ccccc9c(-c9ccc%10c(c9)c9ccccc9n%10-c9ccccc9)c8n(c5cnc4n2c13)c76. The van der Waals surface area contributed by atoms with Gasteiger partial charge in [-0.2, -0.15) is 0 Å². The van der Waals surface area contributed by atoms with Crippen LogP contribution in [0.1, 0.15) is 79.0 Å². The second-order valence-electron chi connectivity index (χ2n) is 27.6. The van der Waals surface area contributed by atoms with E-state index in [9.17, 15) is 0 Å². The molecular weight excluding hydrogens is 1040 g/mol. The number of hydrogen-bond donors (Lipinski definition) is 0. The van der Waals surface area contributed by atoms with Crippen molar-refractivity contribution in [1.29, 1.82) is 0 Å². The maximum atomic E-state index is 5.85. The lowest BCUT2D eigenvalue weighted by Crippen LogP contribution is -2.11. The molecule has 0 aliphatic heterocycles. The standard InChI is InChI=1S/C81H63N5/c1-79(2,3)49-39-57(47-32-34-68-58(36-47)55-28-18-20-30-66(55)83(68)52-23-12-10-13-24-52)74-62(40-49)63-42-51(81(7,8)9)44-65-73-72-64-43-50(80(4,5)6)41-61-60-37-46-22-16-17-27-54(46)71(77(60)85(75(61)64)70(72)45-82-78(73)86(74)76(63)65)48-33-35-69-59(38-48)56-29-19-21-31-67(56)84(69)53-25-14-11-15-26-53/h10-45H,1-9H3. The lowest BCUT2D eigenvalue weighted by molar-refractivity contribution is 0.591. The number of aromatic nitrogens is 5. The summed E-state index contributed by atoms with van der Waals surface area (Å²) in [7, 11) is 0. The zero-order valence-electron chi connectivity index (χ0n) is 50.0. The van der Waals surface area contributed by atoms with Crippen LogP contribution in [0.15, 0.2) is 219 Å². The first kappa shape index (κ1) is 49.5. The Morgan fingerprint density at radius 1 is 0.302 bits per heavy atom. The van der Waals surface area contributed by atoms with Gasteiger partial charge in [0.2, 0.25) is 0 Å². The number of hydrogen-bond acceptors (Lipinski definition) is 1. The summed E-state index contributed by atoms with van der Waals surface area (Å²) < 4.78 is 10.0. The van der Waals surface area contributed by atoms with Crippen molar-refractivity contribution in [2.24, 2.45) is 0 Å². The van der Waals surface area contributed by atoms with Crippen LogP contribution in [0.2, 0.25) is 0 Å². The third-order valence-electron chi connectivity index (χ3n) is 19.4. The van der Waals surface area contributed by atoms with Gasteiger partial charge in [0, 0.05) is 87.1 Å². The molecule has 0 N–H and O–H groups in total. The van der Waals surface area contributed by atoms with Crippen LogP contribution in [0.25, 0.3) is 164 Å². The lowest BCUT2D eigenvalue weighted by atomic mass is 9.82. The van der Waals surface area contributed by atoms with Gasteiger partial charge >= 0.3 is 0 Å². The molecule has 0 spiro atoms. The zero-order chi connectivity index (χ0) is 58.0. The topological polar surface area (TPSA) is 31.6 Å². The maximum absolute atomic E-state index is 5.85. The van der Waals surface area contributed by atoms with E-state index in [-0.39, 0.29) is 16.2 Å². The summed E-state index contributed by atoms with van der Waals surface area (Å²) in [5.74, 6) is 0. The number of para-hydroxylation sites is 4. The Morgan fingerprint density at radius 2 is 0.744 bits per heavy atom. The third-order valence-corrected chi connectivity index (χ3v) is 19.4. The average Bonchev–Trinajstić information content (AvgIpc) is 1.52. The van der Waals surface area contributed by atoms with Gasteiger partial charge in [0.05, 0.1) is 55.8 Å². The Labute approximate surface area is 498 Å². The number of fused-ring (bicyclic) bond motifs is 20. The van der Waals surface area contributed by atoms with E-state index >= 15 is 0 Å². The fourth-order valence-corrected chi connectivity index (χ4v) is 15.2. The highest BCUT2D eigenvalue weighted by Crippen LogP contribution is 2.53. The fourth-order valence-electron chi connectivity index (χ4n) is 15.2. The van der Waals surface area contributed by atoms with Crippen LogP contribution in [-0.4, -0.2) is 22.9 Å². The molecule has 7 heterocycles. The molecule has 0 fully saturated rings. The Hall–Kier alpha value is -9.97. The van der Waals surface area contributed by atoms with E-state index in [1.54, 1.807) is 0 Å². The molecule has 0 aliphatic rings. The molecule has 0 radical (unpaired) electrons. The highest BCUT2D eigenvalue weighted by atomic mass is 15.0. The first-order chi connectivity index (χ1) is 41.6. The minimum atomic E-state index is -0.138. The van der Waals surface area contributed by atoms with Gasteiger partial charge in [0.25, 0.3) is 0 Å². The van der Waals surface area contributed by atoms with E-state index < -0.39 is 0 Å². The summed E-state index contributed by atoms with van der Waals surface area (Å²) in [5, 5.41) is 17.5. The molecule has 5 nitrogen and oxygen atoms in total. The Bertz CT molecular complexity index is 5920. The first-order valence-electron chi connectivity index (χ1n) is 30.5. The van der Waals surface area contributed by atoms with Gasteiger partial charge in [-0.25, -0.2) is 4.98 Å². The maximum Gasteiger partial charge on any atom is 0.146 e. The largest absolute Gasteiger partial charge is 0.309 e. The molecule has 0 atom stereocenters. The van der Waals surface area contributed by atoms with Gasteiger partial charge in [-0.3, -0.25) is 4.40 Å². The Kier molecular flexibility index (Phi) is 9.71. The Morgan fingerprint density at radius 3 is 1.33 bits per heavy atom. The van der Waals surface area contributed by atoms with Gasteiger partial charge in [-0.1, -0.05) is 172 Å². The Balaban J connectivity index is 0.993. The van der Waals surface area contributed by atoms with Gasteiger partial charge in [-0.15, -0.1) is 0 Å². The molecule has 0 amide bonds. The zero-order valence-corrected chi connectivity index (χ0v) is 50.0. The molecule has 0 saturated heterocycles. The van der Waals surface area contributed by atoms with E-state index in [1.165, 1.54) is 158 Å². The smallest absolute Gasteiger partial charge is 0.146 e. The van der Waals surface area contributed by atoms with E-state index in [2.05, 4.69) is 299 Å². The summed E-state index contributed by atoms with van der Waals surface area (Å²) in [6, 6.07) is 80.3. The van der Waals surface area contributed by atoms with Crippen LogP contribution in [0, 0.1) is 0 Å². The van der Waals surface area contributed by atoms with Crippen LogP contribution in [-0.2, 0) is 16.2 Å². The lowest BCUT2D eigenvalue weighted by Gasteiger charge is -2.22. The van der Waals surface area contributed by atoms with Crippen LogP contribution in [0.3, 0.4) is 0 Å². The molecule has 0 unspecified atom stereocenters. The van der Waals surface area contributed by atoms with Crippen molar-refractivity contribution in [2.75, 3.05) is 0 Å². The van der Waals surface area contributed by atoms with Crippen molar-refractivity contribution in [3.8, 4) is 33.6 Å². The number of benzene rings is 11. The highest BCUT2D eigenvalue weighted by molar-refractivity contribution is 6.37. The first-order valence-corrected chi connectivity index (χ1v) is 30.5. The molecule has 0 bridgehead atoms. The molecular formula is C81H63N5. The number of nitrogens with zero attached hydrogens (tertiary/aromatic N) is 5. The van der Waals surface area contributed by atoms with Crippen molar-refractivity contribution in [1.82, 2.24) is 22.9 Å². The predicted molar refractivity (Wildman–Crippen MR) is 367 cm³/mol. The van der Waals surface area contributed by atoms with E-state index in [0.717, 1.165) is 22.5 Å². The summed E-state index contributed by atoms with van der Waals surface area (Å²) in [6.45, 7) is 21.3. The van der Waals surface area contributed by atoms with Gasteiger partial charge in [0.15, 0.2) is 0 Å². The molecule has 7 aromatic heterocycles. The second kappa shape index (κ2) is 16.9. The van der Waals surface area contributed by atoms with E-state index in [1.807, 2.05) is 0 Å². The molecule has 86 heavy (non-hydrogen) atoms.